The van der Waals surface area contributed by atoms with Crippen LogP contribution >= 0.6 is 0 Å². The fourth-order valence-electron chi connectivity index (χ4n) is 1.93. The van der Waals surface area contributed by atoms with Crippen LogP contribution in [0.5, 0.6) is 5.75 Å². The average Bonchev–Trinajstić information content (AvgIpc) is 2.40. The van der Waals surface area contributed by atoms with Gasteiger partial charge in [0.15, 0.2) is 0 Å². The van der Waals surface area contributed by atoms with Crippen molar-refractivity contribution >= 4 is 11.4 Å². The standard InChI is InChI=1S/C12H18N2O/c1-9-6-7-13-11-5-4-10(15-3)8-12(11)14(9)2/h4-5,8-9,13H,6-7H2,1-3H3. The molecule has 0 saturated heterocycles. The number of benzene rings is 1. The van der Waals surface area contributed by atoms with E-state index in [0.717, 1.165) is 18.7 Å². The summed E-state index contributed by atoms with van der Waals surface area (Å²) in [6.07, 6.45) is 1.16. The minimum atomic E-state index is 0.561. The van der Waals surface area contributed by atoms with Crippen LogP contribution in [0.15, 0.2) is 18.2 Å². The lowest BCUT2D eigenvalue weighted by atomic mass is 10.2. The first-order valence-corrected chi connectivity index (χ1v) is 5.37. The van der Waals surface area contributed by atoms with Crippen molar-refractivity contribution < 1.29 is 4.74 Å². The van der Waals surface area contributed by atoms with Gasteiger partial charge < -0.3 is 15.0 Å². The third-order valence-corrected chi connectivity index (χ3v) is 3.12. The summed E-state index contributed by atoms with van der Waals surface area (Å²) >= 11 is 0. The van der Waals surface area contributed by atoms with Gasteiger partial charge in [-0.15, -0.1) is 0 Å². The Bertz CT molecular complexity index is 351. The Morgan fingerprint density at radius 2 is 2.27 bits per heavy atom. The minimum Gasteiger partial charge on any atom is -0.497 e. The smallest absolute Gasteiger partial charge is 0.121 e. The van der Waals surface area contributed by atoms with Gasteiger partial charge in [0.25, 0.3) is 0 Å². The maximum atomic E-state index is 5.25. The Balaban J connectivity index is 2.41. The molecule has 2 rings (SSSR count). The summed E-state index contributed by atoms with van der Waals surface area (Å²) < 4.78 is 5.25. The monoisotopic (exact) mass is 206 g/mol. The molecule has 1 N–H and O–H groups in total. The molecular weight excluding hydrogens is 188 g/mol. The second kappa shape index (κ2) is 4.01. The van der Waals surface area contributed by atoms with Gasteiger partial charge in [-0.2, -0.15) is 0 Å². The molecule has 1 aromatic rings. The van der Waals surface area contributed by atoms with Crippen LogP contribution < -0.4 is 15.0 Å². The number of hydrogen-bond acceptors (Lipinski definition) is 3. The van der Waals surface area contributed by atoms with E-state index in [-0.39, 0.29) is 0 Å². The lowest BCUT2D eigenvalue weighted by Gasteiger charge is -2.25. The number of hydrogen-bond donors (Lipinski definition) is 1. The molecule has 1 aliphatic heterocycles. The molecule has 0 bridgehead atoms. The van der Waals surface area contributed by atoms with Crippen molar-refractivity contribution in [2.75, 3.05) is 30.9 Å². The van der Waals surface area contributed by atoms with Gasteiger partial charge >= 0.3 is 0 Å². The summed E-state index contributed by atoms with van der Waals surface area (Å²) in [4.78, 5) is 2.30. The SMILES string of the molecule is COc1ccc2c(c1)N(C)C(C)CCN2. The molecule has 0 saturated carbocycles. The molecule has 0 aliphatic carbocycles. The van der Waals surface area contributed by atoms with Crippen LogP contribution in [0.3, 0.4) is 0 Å². The summed E-state index contributed by atoms with van der Waals surface area (Å²) in [7, 11) is 3.84. The molecule has 0 spiro atoms. The van der Waals surface area contributed by atoms with Crippen molar-refractivity contribution in [3.63, 3.8) is 0 Å². The normalized spacial score (nSPS) is 20.2. The van der Waals surface area contributed by atoms with Crippen LogP contribution in [0.2, 0.25) is 0 Å². The van der Waals surface area contributed by atoms with Crippen molar-refractivity contribution in [1.82, 2.24) is 0 Å². The van der Waals surface area contributed by atoms with Crippen LogP contribution in [0.4, 0.5) is 11.4 Å². The zero-order chi connectivity index (χ0) is 10.8. The van der Waals surface area contributed by atoms with Crippen LogP contribution in [0.25, 0.3) is 0 Å². The number of rotatable bonds is 1. The van der Waals surface area contributed by atoms with E-state index >= 15 is 0 Å². The number of ether oxygens (including phenoxy) is 1. The minimum absolute atomic E-state index is 0.561. The molecular formula is C12H18N2O. The third-order valence-electron chi connectivity index (χ3n) is 3.12. The fourth-order valence-corrected chi connectivity index (χ4v) is 1.93. The van der Waals surface area contributed by atoms with Gasteiger partial charge in [-0.05, 0) is 25.5 Å². The fraction of sp³-hybridized carbons (Fsp3) is 0.500. The van der Waals surface area contributed by atoms with E-state index in [4.69, 9.17) is 4.74 Å². The summed E-state index contributed by atoms with van der Waals surface area (Å²) in [5.41, 5.74) is 2.42. The van der Waals surface area contributed by atoms with Gasteiger partial charge in [0.1, 0.15) is 5.75 Å². The average molecular weight is 206 g/mol. The first-order valence-electron chi connectivity index (χ1n) is 5.37. The highest BCUT2D eigenvalue weighted by Crippen LogP contribution is 2.33. The number of anilines is 2. The Hall–Kier alpha value is -1.38. The molecule has 3 nitrogen and oxygen atoms in total. The Morgan fingerprint density at radius 1 is 1.47 bits per heavy atom. The Morgan fingerprint density at radius 3 is 3.00 bits per heavy atom. The number of nitrogens with zero attached hydrogens (tertiary/aromatic N) is 1. The topological polar surface area (TPSA) is 24.5 Å². The van der Waals surface area contributed by atoms with E-state index in [2.05, 4.69) is 36.3 Å². The lowest BCUT2D eigenvalue weighted by Crippen LogP contribution is -2.28. The number of nitrogens with one attached hydrogen (secondary N) is 1. The maximum absolute atomic E-state index is 5.25. The zero-order valence-electron chi connectivity index (χ0n) is 9.58. The molecule has 1 heterocycles. The predicted molar refractivity (Wildman–Crippen MR) is 64.0 cm³/mol. The Kier molecular flexibility index (Phi) is 2.71. The van der Waals surface area contributed by atoms with Crippen molar-refractivity contribution in [2.45, 2.75) is 19.4 Å². The molecule has 15 heavy (non-hydrogen) atoms. The summed E-state index contributed by atoms with van der Waals surface area (Å²) in [5, 5.41) is 3.44. The van der Waals surface area contributed by atoms with E-state index in [0.29, 0.717) is 6.04 Å². The molecule has 82 valence electrons. The largest absolute Gasteiger partial charge is 0.497 e. The van der Waals surface area contributed by atoms with Gasteiger partial charge in [-0.25, -0.2) is 0 Å². The molecule has 1 unspecified atom stereocenters. The van der Waals surface area contributed by atoms with Crippen LogP contribution in [0, 0.1) is 0 Å². The van der Waals surface area contributed by atoms with Gasteiger partial charge in [-0.1, -0.05) is 0 Å². The highest BCUT2D eigenvalue weighted by molar-refractivity contribution is 5.72. The molecule has 0 amide bonds. The van der Waals surface area contributed by atoms with Crippen LogP contribution in [-0.2, 0) is 0 Å². The molecule has 1 aliphatic rings. The van der Waals surface area contributed by atoms with E-state index in [1.54, 1.807) is 7.11 Å². The number of fused-ring (bicyclic) bond motifs is 1. The first kappa shape index (κ1) is 10.1. The molecule has 1 atom stereocenters. The van der Waals surface area contributed by atoms with Crippen LogP contribution in [-0.4, -0.2) is 26.7 Å². The second-order valence-electron chi connectivity index (χ2n) is 4.06. The molecule has 1 aromatic carbocycles. The van der Waals surface area contributed by atoms with Gasteiger partial charge in [0.2, 0.25) is 0 Å². The lowest BCUT2D eigenvalue weighted by molar-refractivity contribution is 0.415. The highest BCUT2D eigenvalue weighted by Gasteiger charge is 2.17. The summed E-state index contributed by atoms with van der Waals surface area (Å²) in [6, 6.07) is 6.73. The van der Waals surface area contributed by atoms with E-state index in [1.165, 1.54) is 11.4 Å². The van der Waals surface area contributed by atoms with Crippen molar-refractivity contribution in [3.8, 4) is 5.75 Å². The third kappa shape index (κ3) is 1.87. The van der Waals surface area contributed by atoms with Crippen molar-refractivity contribution in [3.05, 3.63) is 18.2 Å². The first-order chi connectivity index (χ1) is 7.22. The van der Waals surface area contributed by atoms with Crippen LogP contribution in [0.1, 0.15) is 13.3 Å². The predicted octanol–water partition coefficient (Wildman–Crippen LogP) is 2.34. The van der Waals surface area contributed by atoms with Crippen molar-refractivity contribution in [1.29, 1.82) is 0 Å². The Labute approximate surface area is 91.0 Å². The van der Waals surface area contributed by atoms with Gasteiger partial charge in [-0.3, -0.25) is 0 Å². The molecule has 0 radical (unpaired) electrons. The van der Waals surface area contributed by atoms with Gasteiger partial charge in [0.05, 0.1) is 18.5 Å². The second-order valence-corrected chi connectivity index (χ2v) is 4.06. The molecule has 3 heteroatoms. The van der Waals surface area contributed by atoms with E-state index in [1.807, 2.05) is 6.07 Å². The quantitative estimate of drug-likeness (QED) is 0.763. The van der Waals surface area contributed by atoms with Crippen molar-refractivity contribution in [2.24, 2.45) is 0 Å². The highest BCUT2D eigenvalue weighted by atomic mass is 16.5. The maximum Gasteiger partial charge on any atom is 0.121 e. The van der Waals surface area contributed by atoms with E-state index < -0.39 is 0 Å². The molecule has 0 fully saturated rings. The molecule has 0 aromatic heterocycles. The van der Waals surface area contributed by atoms with E-state index in [9.17, 15) is 0 Å². The zero-order valence-corrected chi connectivity index (χ0v) is 9.58. The summed E-state index contributed by atoms with van der Waals surface area (Å²) in [5.74, 6) is 0.913. The van der Waals surface area contributed by atoms with Gasteiger partial charge in [0, 0.05) is 25.7 Å². The summed E-state index contributed by atoms with van der Waals surface area (Å²) in [6.45, 7) is 3.28. The number of methoxy groups -OCH3 is 1.